The maximum absolute atomic E-state index is 5.75. The van der Waals surface area contributed by atoms with Crippen LogP contribution in [-0.4, -0.2) is 55.8 Å². The molecule has 0 bridgehead atoms. The summed E-state index contributed by atoms with van der Waals surface area (Å²) in [5.41, 5.74) is 5.75. The molecule has 0 unspecified atom stereocenters. The van der Waals surface area contributed by atoms with Crippen LogP contribution in [0.1, 0.15) is 49.7 Å². The van der Waals surface area contributed by atoms with Gasteiger partial charge in [0.25, 0.3) is 0 Å². The lowest BCUT2D eigenvalue weighted by molar-refractivity contribution is 0.213. The molecule has 2 aromatic rings. The molecule has 8 heteroatoms. The van der Waals surface area contributed by atoms with Crippen LogP contribution >= 0.6 is 0 Å². The number of anilines is 2. The fourth-order valence-corrected chi connectivity index (χ4v) is 4.12. The van der Waals surface area contributed by atoms with Crippen molar-refractivity contribution in [1.29, 1.82) is 0 Å². The molecule has 2 aromatic heterocycles. The van der Waals surface area contributed by atoms with Crippen molar-refractivity contribution in [1.82, 2.24) is 29.6 Å². The molecule has 2 fully saturated rings. The summed E-state index contributed by atoms with van der Waals surface area (Å²) in [7, 11) is 2.11. The maximum atomic E-state index is 5.75. The Morgan fingerprint density at radius 2 is 1.96 bits per heavy atom. The van der Waals surface area contributed by atoms with Crippen LogP contribution in [0.4, 0.5) is 11.8 Å². The van der Waals surface area contributed by atoms with E-state index in [-0.39, 0.29) is 0 Å². The summed E-state index contributed by atoms with van der Waals surface area (Å²) in [5, 5.41) is 9.06. The predicted molar refractivity (Wildman–Crippen MR) is 101 cm³/mol. The molecule has 2 saturated heterocycles. The van der Waals surface area contributed by atoms with Gasteiger partial charge in [0.15, 0.2) is 0 Å². The summed E-state index contributed by atoms with van der Waals surface area (Å²) in [6, 6.07) is 1.93. The third kappa shape index (κ3) is 3.65. The van der Waals surface area contributed by atoms with E-state index in [1.54, 1.807) is 6.20 Å². The van der Waals surface area contributed by atoms with E-state index in [0.29, 0.717) is 11.9 Å². The number of nitrogen functional groups attached to an aromatic ring is 1. The van der Waals surface area contributed by atoms with Crippen molar-refractivity contribution in [2.24, 2.45) is 7.05 Å². The minimum absolute atomic E-state index is 0.326. The molecule has 0 radical (unpaired) electrons. The van der Waals surface area contributed by atoms with E-state index in [1.165, 1.54) is 32.4 Å². The Morgan fingerprint density at radius 1 is 1.12 bits per heavy atom. The van der Waals surface area contributed by atoms with E-state index >= 15 is 0 Å². The second-order valence-corrected chi connectivity index (χ2v) is 7.43. The van der Waals surface area contributed by atoms with Gasteiger partial charge < -0.3 is 15.2 Å². The van der Waals surface area contributed by atoms with E-state index in [9.17, 15) is 0 Å². The van der Waals surface area contributed by atoms with Gasteiger partial charge in [0.1, 0.15) is 17.5 Å². The van der Waals surface area contributed by atoms with E-state index in [0.717, 1.165) is 49.9 Å². The van der Waals surface area contributed by atoms with Crippen molar-refractivity contribution in [2.45, 2.75) is 44.6 Å². The summed E-state index contributed by atoms with van der Waals surface area (Å²) < 4.78 is 2.21. The Bertz CT molecular complexity index is 737. The van der Waals surface area contributed by atoms with E-state index in [4.69, 9.17) is 5.73 Å². The molecule has 0 saturated carbocycles. The van der Waals surface area contributed by atoms with Crippen LogP contribution < -0.4 is 10.6 Å². The van der Waals surface area contributed by atoms with Crippen LogP contribution in [0.5, 0.6) is 0 Å². The summed E-state index contributed by atoms with van der Waals surface area (Å²) in [4.78, 5) is 13.1. The number of hydrogen-bond acceptors (Lipinski definition) is 7. The smallest absolute Gasteiger partial charge is 0.221 e. The fourth-order valence-electron chi connectivity index (χ4n) is 4.12. The van der Waals surface area contributed by atoms with Gasteiger partial charge in [-0.25, -0.2) is 4.98 Å². The zero-order valence-corrected chi connectivity index (χ0v) is 15.5. The first-order chi connectivity index (χ1) is 12.7. The topological polar surface area (TPSA) is 89.0 Å². The Labute approximate surface area is 154 Å². The molecule has 2 N–H and O–H groups in total. The Hall–Kier alpha value is -2.22. The van der Waals surface area contributed by atoms with Crippen LogP contribution in [0.3, 0.4) is 0 Å². The molecule has 2 aliphatic rings. The van der Waals surface area contributed by atoms with Gasteiger partial charge >= 0.3 is 0 Å². The van der Waals surface area contributed by atoms with Gasteiger partial charge in [-0.15, -0.1) is 10.2 Å². The summed E-state index contributed by atoms with van der Waals surface area (Å²) >= 11 is 0. The molecular formula is C18H28N8. The average Bonchev–Trinajstić information content (AvgIpc) is 3.03. The highest BCUT2D eigenvalue weighted by atomic mass is 15.3. The van der Waals surface area contributed by atoms with Crippen molar-refractivity contribution in [3.05, 3.63) is 23.9 Å². The first-order valence-electron chi connectivity index (χ1n) is 9.64. The van der Waals surface area contributed by atoms with Gasteiger partial charge in [0.2, 0.25) is 5.95 Å². The van der Waals surface area contributed by atoms with Crippen LogP contribution in [0.2, 0.25) is 0 Å². The van der Waals surface area contributed by atoms with Crippen molar-refractivity contribution < 1.29 is 0 Å². The molecule has 1 atom stereocenters. The largest absolute Gasteiger partial charge is 0.368 e. The first-order valence-corrected chi connectivity index (χ1v) is 9.64. The summed E-state index contributed by atoms with van der Waals surface area (Å²) in [5.74, 6) is 3.76. The zero-order chi connectivity index (χ0) is 17.9. The number of likely N-dealkylation sites (tertiary alicyclic amines) is 1. The minimum Gasteiger partial charge on any atom is -0.368 e. The Balaban J connectivity index is 1.46. The molecule has 8 nitrogen and oxygen atoms in total. The highest BCUT2D eigenvalue weighted by Gasteiger charge is 2.27. The Morgan fingerprint density at radius 3 is 2.77 bits per heavy atom. The molecule has 26 heavy (non-hydrogen) atoms. The van der Waals surface area contributed by atoms with Gasteiger partial charge in [-0.2, -0.15) is 4.98 Å². The number of hydrogen-bond donors (Lipinski definition) is 1. The normalized spacial score (nSPS) is 21.9. The molecule has 0 aromatic carbocycles. The van der Waals surface area contributed by atoms with Crippen molar-refractivity contribution >= 4 is 11.8 Å². The number of rotatable bonds is 4. The van der Waals surface area contributed by atoms with E-state index in [1.807, 2.05) is 6.07 Å². The predicted octanol–water partition coefficient (Wildman–Crippen LogP) is 1.56. The van der Waals surface area contributed by atoms with Crippen molar-refractivity contribution in [3.63, 3.8) is 0 Å². The van der Waals surface area contributed by atoms with Crippen LogP contribution in [0, 0.1) is 0 Å². The molecule has 140 valence electrons. The third-order valence-corrected chi connectivity index (χ3v) is 5.58. The zero-order valence-electron chi connectivity index (χ0n) is 15.5. The quantitative estimate of drug-likeness (QED) is 0.889. The number of nitrogens with two attached hydrogens (primary N) is 1. The van der Waals surface area contributed by atoms with E-state index < -0.39 is 0 Å². The molecule has 0 amide bonds. The maximum Gasteiger partial charge on any atom is 0.221 e. The highest BCUT2D eigenvalue weighted by Crippen LogP contribution is 2.28. The second-order valence-electron chi connectivity index (χ2n) is 7.43. The van der Waals surface area contributed by atoms with Crippen LogP contribution in [0.25, 0.3) is 0 Å². The standard InChI is InChI=1S/C18H28N8/c1-24-16(13-25-9-3-2-4-10-25)22-23-17(24)14-6-5-11-26(12-14)15-7-8-20-18(19)21-15/h7-8,14H,2-6,9-13H2,1H3,(H2,19,20,21)/t14-/m1/s1. The molecular weight excluding hydrogens is 328 g/mol. The first kappa shape index (κ1) is 17.2. The third-order valence-electron chi connectivity index (χ3n) is 5.58. The van der Waals surface area contributed by atoms with Crippen LogP contribution in [0.15, 0.2) is 12.3 Å². The summed E-state index contributed by atoms with van der Waals surface area (Å²) in [6.07, 6.45) is 7.91. The number of piperidine rings is 2. The number of aromatic nitrogens is 5. The second kappa shape index (κ2) is 7.57. The average molecular weight is 356 g/mol. The lowest BCUT2D eigenvalue weighted by atomic mass is 9.97. The summed E-state index contributed by atoms with van der Waals surface area (Å²) in [6.45, 7) is 5.14. The lowest BCUT2D eigenvalue weighted by Crippen LogP contribution is -2.36. The van der Waals surface area contributed by atoms with Gasteiger partial charge in [-0.3, -0.25) is 4.90 Å². The van der Waals surface area contributed by atoms with Crippen LogP contribution in [-0.2, 0) is 13.6 Å². The molecule has 4 rings (SSSR count). The molecule has 0 aliphatic carbocycles. The van der Waals surface area contributed by atoms with Crippen molar-refractivity contribution in [3.8, 4) is 0 Å². The highest BCUT2D eigenvalue weighted by molar-refractivity contribution is 5.42. The van der Waals surface area contributed by atoms with E-state index in [2.05, 4.69) is 41.6 Å². The monoisotopic (exact) mass is 356 g/mol. The molecule has 2 aliphatic heterocycles. The minimum atomic E-state index is 0.326. The number of nitrogens with zero attached hydrogens (tertiary/aromatic N) is 7. The fraction of sp³-hybridized carbons (Fsp3) is 0.667. The SMILES string of the molecule is Cn1c(CN2CCCCC2)nnc1[C@@H]1CCCN(c2ccnc(N)n2)C1. The molecule has 4 heterocycles. The van der Waals surface area contributed by atoms with Gasteiger partial charge in [-0.1, -0.05) is 6.42 Å². The van der Waals surface area contributed by atoms with Crippen molar-refractivity contribution in [2.75, 3.05) is 36.8 Å². The van der Waals surface area contributed by atoms with Gasteiger partial charge in [0, 0.05) is 32.3 Å². The molecule has 0 spiro atoms. The van der Waals surface area contributed by atoms with Gasteiger partial charge in [0.05, 0.1) is 6.54 Å². The van der Waals surface area contributed by atoms with Gasteiger partial charge in [-0.05, 0) is 44.8 Å². The Kier molecular flexibility index (Phi) is 5.01. The lowest BCUT2D eigenvalue weighted by Gasteiger charge is -2.33.